The van der Waals surface area contributed by atoms with Crippen molar-refractivity contribution in [3.8, 4) is 0 Å². The molecule has 2 bridgehead atoms. The molecule has 5 heteroatoms. The highest BCUT2D eigenvalue weighted by Crippen LogP contribution is 2.36. The fraction of sp³-hybridized carbons (Fsp3) is 0.409. The van der Waals surface area contributed by atoms with Crippen molar-refractivity contribution in [2.24, 2.45) is 5.92 Å². The number of ether oxygens (including phenoxy) is 1. The van der Waals surface area contributed by atoms with Crippen molar-refractivity contribution in [1.82, 2.24) is 4.90 Å². The topological polar surface area (TPSA) is 49.8 Å². The minimum absolute atomic E-state index is 0.223. The Morgan fingerprint density at radius 2 is 1.48 bits per heavy atom. The summed E-state index contributed by atoms with van der Waals surface area (Å²) in [6.07, 6.45) is 4.47. The molecular weight excluding hydrogens is 362 g/mol. The van der Waals surface area contributed by atoms with Gasteiger partial charge in [0.25, 0.3) is 0 Å². The van der Waals surface area contributed by atoms with Gasteiger partial charge in [0.05, 0.1) is 0 Å². The van der Waals surface area contributed by atoms with E-state index in [1.807, 2.05) is 36.4 Å². The van der Waals surface area contributed by atoms with E-state index in [9.17, 15) is 9.90 Å². The second kappa shape index (κ2) is 8.87. The van der Waals surface area contributed by atoms with E-state index in [-0.39, 0.29) is 6.23 Å². The molecule has 0 radical (unpaired) electrons. The fourth-order valence-electron chi connectivity index (χ4n) is 4.00. The van der Waals surface area contributed by atoms with Gasteiger partial charge in [-0.3, -0.25) is 4.90 Å². The molecule has 0 saturated carbocycles. The molecule has 0 amide bonds. The molecule has 5 rings (SSSR count). The maximum atomic E-state index is 13.1. The lowest BCUT2D eigenvalue weighted by Crippen LogP contribution is -2.52. The first-order chi connectivity index (χ1) is 13.2. The Morgan fingerprint density at radius 3 is 1.89 bits per heavy atom. The van der Waals surface area contributed by atoms with Crippen molar-refractivity contribution >= 4 is 17.6 Å². The monoisotopic (exact) mass is 387 g/mol. The van der Waals surface area contributed by atoms with E-state index in [1.54, 1.807) is 24.3 Å². The van der Waals surface area contributed by atoms with Crippen LogP contribution in [-0.2, 0) is 15.1 Å². The summed E-state index contributed by atoms with van der Waals surface area (Å²) < 4.78 is 5.84. The van der Waals surface area contributed by atoms with Crippen LogP contribution in [0.25, 0.3) is 0 Å². The molecule has 0 aromatic heterocycles. The summed E-state index contributed by atoms with van der Waals surface area (Å²) in [5, 5.41) is 11.4. The van der Waals surface area contributed by atoms with Gasteiger partial charge in [0.1, 0.15) is 0 Å². The van der Waals surface area contributed by atoms with Gasteiger partial charge in [-0.1, -0.05) is 60.7 Å². The third-order valence-corrected chi connectivity index (χ3v) is 5.51. The van der Waals surface area contributed by atoms with Gasteiger partial charge < -0.3 is 9.84 Å². The number of benzene rings is 2. The number of carbonyl (C=O) groups excluding carboxylic acids is 1. The first kappa shape index (κ1) is 19.9. The molecule has 144 valence electrons. The molecule has 1 unspecified atom stereocenters. The molecule has 0 spiro atoms. The number of rotatable bonds is 4. The second-order valence-corrected chi connectivity index (χ2v) is 7.02. The lowest BCUT2D eigenvalue weighted by Gasteiger charge is -2.45. The van der Waals surface area contributed by atoms with Gasteiger partial charge in [-0.05, 0) is 29.9 Å². The number of esters is 1. The molecule has 3 aliphatic heterocycles. The van der Waals surface area contributed by atoms with E-state index in [4.69, 9.17) is 4.74 Å². The number of fused-ring (bicyclic) bond motifs is 3. The van der Waals surface area contributed by atoms with Gasteiger partial charge in [0, 0.05) is 25.9 Å². The summed E-state index contributed by atoms with van der Waals surface area (Å²) in [5.41, 5.74) is -0.732. The lowest BCUT2D eigenvalue weighted by molar-refractivity contribution is -0.187. The number of piperidine rings is 3. The minimum Gasteiger partial charge on any atom is -0.444 e. The van der Waals surface area contributed by atoms with Crippen molar-refractivity contribution < 1.29 is 14.6 Å². The van der Waals surface area contributed by atoms with Gasteiger partial charge in [0.15, 0.2) is 6.23 Å². The average Bonchev–Trinajstić information content (AvgIpc) is 2.76. The molecule has 3 aliphatic rings. The average molecular weight is 388 g/mol. The predicted molar refractivity (Wildman–Crippen MR) is 106 cm³/mol. The van der Waals surface area contributed by atoms with Gasteiger partial charge in [-0.25, -0.2) is 4.79 Å². The van der Waals surface area contributed by atoms with Crippen molar-refractivity contribution in [3.63, 3.8) is 0 Å². The van der Waals surface area contributed by atoms with Crippen molar-refractivity contribution in [3.05, 3.63) is 71.8 Å². The van der Waals surface area contributed by atoms with Crippen LogP contribution < -0.4 is 0 Å². The van der Waals surface area contributed by atoms with Gasteiger partial charge >= 0.3 is 5.97 Å². The number of aliphatic hydroxyl groups is 1. The van der Waals surface area contributed by atoms with E-state index in [0.29, 0.717) is 17.0 Å². The molecule has 1 atom stereocenters. The number of carbonyl (C=O) groups is 1. The largest absolute Gasteiger partial charge is 0.444 e. The Bertz CT molecular complexity index is 690. The van der Waals surface area contributed by atoms with E-state index in [2.05, 4.69) is 16.5 Å². The molecule has 1 N–H and O–H groups in total. The zero-order valence-electron chi connectivity index (χ0n) is 15.6. The maximum absolute atomic E-state index is 13.1. The quantitative estimate of drug-likeness (QED) is 0.641. The third-order valence-electron chi connectivity index (χ3n) is 5.51. The van der Waals surface area contributed by atoms with Crippen LogP contribution in [0.1, 0.15) is 30.4 Å². The first-order valence-corrected chi connectivity index (χ1v) is 10.1. The maximum Gasteiger partial charge on any atom is 0.349 e. The Hall–Kier alpha value is -1.88. The van der Waals surface area contributed by atoms with Crippen LogP contribution in [0.5, 0.6) is 0 Å². The molecule has 2 aromatic carbocycles. The SMILES string of the molecule is CCl.O=C(OC1CC2CCN1CC2)C(O)(c1ccccc1)c1ccccc1. The standard InChI is InChI=1S/C21H23NO3.CH3Cl/c23-20(25-19-15-16-11-13-22(19)14-12-16)21(24,17-7-3-1-4-8-17)18-9-5-2-6-10-18;1-2/h1-10,16,19,24H,11-15H2;1H3. The first-order valence-electron chi connectivity index (χ1n) is 9.34. The Morgan fingerprint density at radius 1 is 1.00 bits per heavy atom. The van der Waals surface area contributed by atoms with Crippen LogP contribution in [0.2, 0.25) is 0 Å². The zero-order chi connectivity index (χ0) is 19.3. The highest BCUT2D eigenvalue weighted by molar-refractivity contribution is 6.15. The van der Waals surface area contributed by atoms with Crippen LogP contribution in [0.3, 0.4) is 0 Å². The number of halogens is 1. The van der Waals surface area contributed by atoms with Crippen LogP contribution in [0.15, 0.2) is 60.7 Å². The summed E-state index contributed by atoms with van der Waals surface area (Å²) >= 11 is 4.64. The smallest absolute Gasteiger partial charge is 0.349 e. The molecular formula is C22H26ClNO3. The van der Waals surface area contributed by atoms with Crippen molar-refractivity contribution in [1.29, 1.82) is 0 Å². The van der Waals surface area contributed by atoms with Crippen LogP contribution in [-0.4, -0.2) is 41.7 Å². The van der Waals surface area contributed by atoms with Crippen molar-refractivity contribution in [2.45, 2.75) is 31.1 Å². The second-order valence-electron chi connectivity index (χ2n) is 7.02. The number of alkyl halides is 1. The molecule has 3 heterocycles. The summed E-state index contributed by atoms with van der Waals surface area (Å²) in [4.78, 5) is 15.3. The third kappa shape index (κ3) is 4.03. The highest BCUT2D eigenvalue weighted by Gasteiger charge is 2.45. The Labute approximate surface area is 165 Å². The lowest BCUT2D eigenvalue weighted by atomic mass is 9.85. The van der Waals surface area contributed by atoms with E-state index in [0.717, 1.165) is 19.5 Å². The molecule has 2 aromatic rings. The van der Waals surface area contributed by atoms with E-state index >= 15 is 0 Å². The predicted octanol–water partition coefficient (Wildman–Crippen LogP) is 3.76. The Kier molecular flexibility index (Phi) is 6.53. The number of nitrogens with zero attached hydrogens (tertiary/aromatic N) is 1. The van der Waals surface area contributed by atoms with Crippen LogP contribution >= 0.6 is 11.6 Å². The molecule has 3 saturated heterocycles. The summed E-state index contributed by atoms with van der Waals surface area (Å²) in [6, 6.07) is 18.1. The van der Waals surface area contributed by atoms with Gasteiger partial charge in [-0.15, -0.1) is 11.6 Å². The van der Waals surface area contributed by atoms with E-state index < -0.39 is 11.6 Å². The van der Waals surface area contributed by atoms with Gasteiger partial charge in [0.2, 0.25) is 5.60 Å². The summed E-state index contributed by atoms with van der Waals surface area (Å²) in [5.74, 6) is 0.0341. The number of hydrogen-bond donors (Lipinski definition) is 1. The molecule has 0 aliphatic carbocycles. The van der Waals surface area contributed by atoms with Crippen LogP contribution in [0.4, 0.5) is 0 Å². The Balaban J connectivity index is 0.00000102. The minimum atomic E-state index is -1.79. The summed E-state index contributed by atoms with van der Waals surface area (Å²) in [7, 11) is 0. The normalized spacial score (nSPS) is 23.9. The van der Waals surface area contributed by atoms with Gasteiger partial charge in [-0.2, -0.15) is 0 Å². The summed E-state index contributed by atoms with van der Waals surface area (Å²) in [6.45, 7) is 1.94. The van der Waals surface area contributed by atoms with Crippen LogP contribution in [0, 0.1) is 5.92 Å². The van der Waals surface area contributed by atoms with Crippen molar-refractivity contribution in [2.75, 3.05) is 19.5 Å². The fourth-order valence-corrected chi connectivity index (χ4v) is 4.00. The molecule has 27 heavy (non-hydrogen) atoms. The molecule has 4 nitrogen and oxygen atoms in total. The molecule has 3 fully saturated rings. The highest BCUT2D eigenvalue weighted by atomic mass is 35.5. The zero-order valence-corrected chi connectivity index (χ0v) is 16.3. The van der Waals surface area contributed by atoms with E-state index in [1.165, 1.54) is 19.2 Å². The number of hydrogen-bond acceptors (Lipinski definition) is 4.